The second-order valence-electron chi connectivity index (χ2n) is 4.49. The van der Waals surface area contributed by atoms with Crippen LogP contribution in [0.4, 0.5) is 5.95 Å². The van der Waals surface area contributed by atoms with Gasteiger partial charge in [0.15, 0.2) is 16.8 Å². The van der Waals surface area contributed by atoms with Gasteiger partial charge in [-0.3, -0.25) is 4.57 Å². The summed E-state index contributed by atoms with van der Waals surface area (Å²) in [7, 11) is 0. The molecule has 0 unspecified atom stereocenters. The van der Waals surface area contributed by atoms with Gasteiger partial charge in [-0.05, 0) is 6.92 Å². The summed E-state index contributed by atoms with van der Waals surface area (Å²) in [6.45, 7) is 1.69. The topological polar surface area (TPSA) is 122 Å². The van der Waals surface area contributed by atoms with Crippen molar-refractivity contribution < 1.29 is 14.9 Å². The van der Waals surface area contributed by atoms with Crippen LogP contribution in [0, 0.1) is 4.64 Å². The second kappa shape index (κ2) is 4.23. The molecule has 0 aliphatic carbocycles. The highest BCUT2D eigenvalue weighted by molar-refractivity contribution is 7.71. The van der Waals surface area contributed by atoms with Crippen LogP contribution in [0.3, 0.4) is 0 Å². The Morgan fingerprint density at radius 3 is 2.84 bits per heavy atom. The first kappa shape index (κ1) is 12.5. The van der Waals surface area contributed by atoms with E-state index in [-0.39, 0.29) is 10.6 Å². The van der Waals surface area contributed by atoms with Crippen LogP contribution >= 0.6 is 12.2 Å². The first-order valence-electron chi connectivity index (χ1n) is 5.73. The predicted molar refractivity (Wildman–Crippen MR) is 68.7 cm³/mol. The summed E-state index contributed by atoms with van der Waals surface area (Å²) in [5.74, 6) is 0.153. The van der Waals surface area contributed by atoms with Crippen LogP contribution in [0.1, 0.15) is 13.2 Å². The van der Waals surface area contributed by atoms with E-state index in [1.165, 1.54) is 6.33 Å². The van der Waals surface area contributed by atoms with Crippen molar-refractivity contribution in [2.75, 3.05) is 5.73 Å². The van der Waals surface area contributed by atoms with E-state index in [0.29, 0.717) is 11.2 Å². The summed E-state index contributed by atoms with van der Waals surface area (Å²) in [5.41, 5.74) is 6.58. The Labute approximate surface area is 112 Å². The number of hydrogen-bond acceptors (Lipinski definition) is 7. The van der Waals surface area contributed by atoms with Gasteiger partial charge in [-0.15, -0.1) is 0 Å². The lowest BCUT2D eigenvalue weighted by Crippen LogP contribution is -2.30. The number of nitrogens with two attached hydrogens (primary N) is 1. The molecule has 0 bridgehead atoms. The van der Waals surface area contributed by atoms with Crippen molar-refractivity contribution in [2.45, 2.75) is 31.5 Å². The van der Waals surface area contributed by atoms with Gasteiger partial charge in [0.25, 0.3) is 0 Å². The fourth-order valence-electron chi connectivity index (χ4n) is 2.20. The van der Waals surface area contributed by atoms with E-state index < -0.39 is 24.5 Å². The SMILES string of the molecule is C[C@H]1O[C@H](n2cnc3c(=S)nc(N)[nH]c32)[C@@H](O)[C@@H]1O. The summed E-state index contributed by atoms with van der Waals surface area (Å²) in [5, 5.41) is 19.7. The number of ether oxygens (including phenoxy) is 1. The highest BCUT2D eigenvalue weighted by Crippen LogP contribution is 2.31. The zero-order valence-electron chi connectivity index (χ0n) is 10.0. The number of rotatable bonds is 1. The van der Waals surface area contributed by atoms with Gasteiger partial charge >= 0.3 is 0 Å². The predicted octanol–water partition coefficient (Wildman–Crippen LogP) is -0.290. The number of anilines is 1. The molecule has 4 atom stereocenters. The number of nitrogens with zero attached hydrogens (tertiary/aromatic N) is 3. The first-order chi connectivity index (χ1) is 8.99. The van der Waals surface area contributed by atoms with E-state index in [9.17, 15) is 10.2 Å². The lowest BCUT2D eigenvalue weighted by Gasteiger charge is -2.16. The number of aromatic nitrogens is 4. The van der Waals surface area contributed by atoms with Gasteiger partial charge in [-0.1, -0.05) is 12.2 Å². The molecule has 0 spiro atoms. The van der Waals surface area contributed by atoms with Crippen molar-refractivity contribution in [3.05, 3.63) is 11.0 Å². The molecule has 8 nitrogen and oxygen atoms in total. The number of hydrogen-bond donors (Lipinski definition) is 4. The third kappa shape index (κ3) is 1.82. The smallest absolute Gasteiger partial charge is 0.200 e. The Bertz CT molecular complexity index is 683. The number of nitrogen functional groups attached to an aromatic ring is 1. The number of aromatic amines is 1. The Kier molecular flexibility index (Phi) is 2.78. The van der Waals surface area contributed by atoms with Crippen LogP contribution in [0.2, 0.25) is 0 Å². The monoisotopic (exact) mass is 283 g/mol. The molecule has 1 aliphatic rings. The maximum Gasteiger partial charge on any atom is 0.200 e. The van der Waals surface area contributed by atoms with Crippen molar-refractivity contribution in [3.8, 4) is 0 Å². The van der Waals surface area contributed by atoms with Crippen LogP contribution < -0.4 is 5.73 Å². The average molecular weight is 283 g/mol. The first-order valence-corrected chi connectivity index (χ1v) is 6.14. The molecule has 0 saturated carbocycles. The van der Waals surface area contributed by atoms with Gasteiger partial charge < -0.3 is 25.7 Å². The fourth-order valence-corrected chi connectivity index (χ4v) is 2.45. The highest BCUT2D eigenvalue weighted by Gasteiger charge is 2.41. The minimum atomic E-state index is -1.05. The van der Waals surface area contributed by atoms with E-state index >= 15 is 0 Å². The number of fused-ring (bicyclic) bond motifs is 1. The molecular formula is C10H13N5O3S. The minimum Gasteiger partial charge on any atom is -0.388 e. The molecule has 102 valence electrons. The van der Waals surface area contributed by atoms with Crippen LogP contribution in [-0.4, -0.2) is 48.0 Å². The standard InChI is InChI=1S/C10H13N5O3S/c1-3-5(16)6(17)9(18-3)15-2-12-4-7(15)13-10(11)14-8(4)19/h2-3,5-6,9,16-17H,1H3,(H3,11,13,14,19)/t3-,5-,6+,9+/m1/s1. The molecule has 3 rings (SSSR count). The van der Waals surface area contributed by atoms with E-state index in [2.05, 4.69) is 15.0 Å². The van der Waals surface area contributed by atoms with E-state index in [0.717, 1.165) is 0 Å². The van der Waals surface area contributed by atoms with Crippen LogP contribution in [0.15, 0.2) is 6.33 Å². The van der Waals surface area contributed by atoms with E-state index in [4.69, 9.17) is 22.7 Å². The molecule has 5 N–H and O–H groups in total. The van der Waals surface area contributed by atoms with Gasteiger partial charge in [0.2, 0.25) is 0 Å². The highest BCUT2D eigenvalue weighted by atomic mass is 32.1. The molecule has 9 heteroatoms. The number of H-pyrrole nitrogens is 1. The van der Waals surface area contributed by atoms with Gasteiger partial charge in [0.05, 0.1) is 12.4 Å². The van der Waals surface area contributed by atoms with E-state index in [1.807, 2.05) is 0 Å². The van der Waals surface area contributed by atoms with Gasteiger partial charge in [0.1, 0.15) is 23.4 Å². The zero-order valence-corrected chi connectivity index (χ0v) is 10.8. The van der Waals surface area contributed by atoms with E-state index in [1.54, 1.807) is 11.5 Å². The van der Waals surface area contributed by atoms with Crippen molar-refractivity contribution in [3.63, 3.8) is 0 Å². The Morgan fingerprint density at radius 1 is 1.47 bits per heavy atom. The van der Waals surface area contributed by atoms with Crippen LogP contribution in [0.5, 0.6) is 0 Å². The molecule has 19 heavy (non-hydrogen) atoms. The van der Waals surface area contributed by atoms with Crippen molar-refractivity contribution in [1.29, 1.82) is 0 Å². The maximum absolute atomic E-state index is 9.99. The average Bonchev–Trinajstić information content (AvgIpc) is 2.86. The third-order valence-electron chi connectivity index (χ3n) is 3.22. The number of imidazole rings is 1. The molecule has 1 fully saturated rings. The molecule has 3 heterocycles. The van der Waals surface area contributed by atoms with Crippen molar-refractivity contribution >= 4 is 29.3 Å². The second-order valence-corrected chi connectivity index (χ2v) is 4.88. The molecule has 1 saturated heterocycles. The lowest BCUT2D eigenvalue weighted by atomic mass is 10.1. The Balaban J connectivity index is 2.14. The molecule has 2 aromatic heterocycles. The number of aliphatic hydroxyl groups excluding tert-OH is 2. The Hall–Kier alpha value is -1.55. The summed E-state index contributed by atoms with van der Waals surface area (Å²) in [6.07, 6.45) is -1.76. The molecule has 1 aliphatic heterocycles. The molecule has 2 aromatic rings. The summed E-state index contributed by atoms with van der Waals surface area (Å²) in [6, 6.07) is 0. The molecule has 0 amide bonds. The number of nitrogens with one attached hydrogen (secondary N) is 1. The van der Waals surface area contributed by atoms with Crippen LogP contribution in [-0.2, 0) is 4.74 Å². The molecular weight excluding hydrogens is 270 g/mol. The van der Waals surface area contributed by atoms with Crippen LogP contribution in [0.25, 0.3) is 11.2 Å². The summed E-state index contributed by atoms with van der Waals surface area (Å²) < 4.78 is 7.35. The van der Waals surface area contributed by atoms with Gasteiger partial charge in [-0.25, -0.2) is 9.97 Å². The van der Waals surface area contributed by atoms with Crippen molar-refractivity contribution in [2.24, 2.45) is 0 Å². The summed E-state index contributed by atoms with van der Waals surface area (Å²) >= 11 is 5.07. The van der Waals surface area contributed by atoms with Crippen molar-refractivity contribution in [1.82, 2.24) is 19.5 Å². The molecule has 0 radical (unpaired) electrons. The lowest BCUT2D eigenvalue weighted by molar-refractivity contribution is -0.0299. The van der Waals surface area contributed by atoms with Gasteiger partial charge in [-0.2, -0.15) is 0 Å². The Morgan fingerprint density at radius 2 is 2.21 bits per heavy atom. The maximum atomic E-state index is 9.99. The normalized spacial score (nSPS) is 31.1. The number of aliphatic hydroxyl groups is 2. The largest absolute Gasteiger partial charge is 0.388 e. The minimum absolute atomic E-state index is 0.153. The zero-order chi connectivity index (χ0) is 13.7. The molecule has 0 aromatic carbocycles. The van der Waals surface area contributed by atoms with Gasteiger partial charge in [0, 0.05) is 0 Å². The summed E-state index contributed by atoms with van der Waals surface area (Å²) in [4.78, 5) is 10.9. The fraction of sp³-hybridized carbons (Fsp3) is 0.500. The quantitative estimate of drug-likeness (QED) is 0.530. The third-order valence-corrected chi connectivity index (χ3v) is 3.50.